The van der Waals surface area contributed by atoms with Crippen molar-refractivity contribution in [2.75, 3.05) is 0 Å². The molecule has 3 aromatic rings. The van der Waals surface area contributed by atoms with Crippen LogP contribution >= 0.6 is 0 Å². The van der Waals surface area contributed by atoms with Crippen molar-refractivity contribution in [2.24, 2.45) is 5.92 Å². The van der Waals surface area contributed by atoms with E-state index in [2.05, 4.69) is 59.6 Å². The van der Waals surface area contributed by atoms with Gasteiger partial charge in [0.25, 0.3) is 0 Å². The quantitative estimate of drug-likeness (QED) is 0.697. The summed E-state index contributed by atoms with van der Waals surface area (Å²) in [5, 5.41) is 10.8. The van der Waals surface area contributed by atoms with Gasteiger partial charge in [-0.25, -0.2) is 0 Å². The van der Waals surface area contributed by atoms with E-state index in [1.54, 1.807) is 0 Å². The second kappa shape index (κ2) is 5.73. The highest BCUT2D eigenvalue weighted by atomic mass is 16.4. The largest absolute Gasteiger partial charge is 0.481 e. The SMILES string of the molecule is O=C(O)C[C@@]12CC[C@@H]1CC(Cc1ccccc1)c1c2[nH]c2ccccc12. The molecule has 132 valence electrons. The van der Waals surface area contributed by atoms with Crippen molar-refractivity contribution < 1.29 is 9.90 Å². The van der Waals surface area contributed by atoms with Crippen LogP contribution in [0.4, 0.5) is 0 Å². The summed E-state index contributed by atoms with van der Waals surface area (Å²) < 4.78 is 0. The second-order valence-corrected chi connectivity index (χ2v) is 8.04. The number of carboxylic acids is 1. The standard InChI is InChI=1S/C23H23NO2/c25-20(26)14-23-11-10-17(23)13-16(12-15-6-2-1-3-7-15)21-18-8-4-5-9-19(18)24-22(21)23/h1-9,16-17,24H,10-14H2,(H,25,26)/t16?,17-,23+/m1/s1. The molecular formula is C23H23NO2. The zero-order valence-corrected chi connectivity index (χ0v) is 14.7. The molecule has 2 aliphatic rings. The molecule has 0 radical (unpaired) electrons. The summed E-state index contributed by atoms with van der Waals surface area (Å²) in [5.41, 5.74) is 4.91. The van der Waals surface area contributed by atoms with Gasteiger partial charge in [0.2, 0.25) is 0 Å². The topological polar surface area (TPSA) is 53.1 Å². The number of fused-ring (bicyclic) bond motifs is 5. The van der Waals surface area contributed by atoms with E-state index < -0.39 is 5.97 Å². The van der Waals surface area contributed by atoms with Crippen LogP contribution in [0.25, 0.3) is 10.9 Å². The fourth-order valence-electron chi connectivity index (χ4n) is 5.49. The monoisotopic (exact) mass is 345 g/mol. The van der Waals surface area contributed by atoms with Gasteiger partial charge in [-0.3, -0.25) is 4.79 Å². The van der Waals surface area contributed by atoms with Gasteiger partial charge < -0.3 is 10.1 Å². The molecule has 3 atom stereocenters. The molecule has 0 spiro atoms. The number of aromatic amines is 1. The number of carbonyl (C=O) groups is 1. The minimum Gasteiger partial charge on any atom is -0.481 e. The highest BCUT2D eigenvalue weighted by molar-refractivity contribution is 5.87. The van der Waals surface area contributed by atoms with E-state index >= 15 is 0 Å². The van der Waals surface area contributed by atoms with Crippen molar-refractivity contribution in [3.8, 4) is 0 Å². The molecule has 0 amide bonds. The van der Waals surface area contributed by atoms with Crippen LogP contribution in [0.5, 0.6) is 0 Å². The van der Waals surface area contributed by atoms with E-state index in [1.165, 1.54) is 22.2 Å². The van der Waals surface area contributed by atoms with Crippen molar-refractivity contribution in [2.45, 2.75) is 43.4 Å². The molecule has 0 saturated heterocycles. The predicted octanol–water partition coefficient (Wildman–Crippen LogP) is 5.02. The Balaban J connectivity index is 1.66. The number of aromatic nitrogens is 1. The summed E-state index contributed by atoms with van der Waals surface area (Å²) in [4.78, 5) is 15.3. The maximum Gasteiger partial charge on any atom is 0.304 e. The average molecular weight is 345 g/mol. The minimum absolute atomic E-state index is 0.187. The number of para-hydroxylation sites is 1. The van der Waals surface area contributed by atoms with E-state index in [0.717, 1.165) is 31.2 Å². The zero-order chi connectivity index (χ0) is 17.7. The van der Waals surface area contributed by atoms with Gasteiger partial charge in [-0.2, -0.15) is 0 Å². The first-order valence-corrected chi connectivity index (χ1v) is 9.54. The van der Waals surface area contributed by atoms with E-state index in [1.807, 2.05) is 0 Å². The summed E-state index contributed by atoms with van der Waals surface area (Å²) >= 11 is 0. The Labute approximate surface area is 153 Å². The third kappa shape index (κ3) is 2.23. The minimum atomic E-state index is -0.680. The smallest absolute Gasteiger partial charge is 0.304 e. The number of benzene rings is 2. The second-order valence-electron chi connectivity index (χ2n) is 8.04. The van der Waals surface area contributed by atoms with Gasteiger partial charge in [-0.1, -0.05) is 48.5 Å². The lowest BCUT2D eigenvalue weighted by Crippen LogP contribution is -2.50. The number of rotatable bonds is 4. The highest BCUT2D eigenvalue weighted by Crippen LogP contribution is 2.60. The molecule has 2 N–H and O–H groups in total. The van der Waals surface area contributed by atoms with Gasteiger partial charge in [-0.05, 0) is 54.7 Å². The fraction of sp³-hybridized carbons (Fsp3) is 0.348. The maximum atomic E-state index is 11.6. The normalized spacial score (nSPS) is 26.8. The van der Waals surface area contributed by atoms with E-state index in [0.29, 0.717) is 11.8 Å². The Morgan fingerprint density at radius 3 is 2.62 bits per heavy atom. The molecule has 3 nitrogen and oxygen atoms in total. The molecular weight excluding hydrogens is 322 g/mol. The first kappa shape index (κ1) is 15.7. The van der Waals surface area contributed by atoms with Gasteiger partial charge in [-0.15, -0.1) is 0 Å². The Morgan fingerprint density at radius 2 is 1.88 bits per heavy atom. The first-order chi connectivity index (χ1) is 12.7. The van der Waals surface area contributed by atoms with E-state index in [-0.39, 0.29) is 11.8 Å². The summed E-state index contributed by atoms with van der Waals surface area (Å²) in [5.74, 6) is 0.254. The Kier molecular flexibility index (Phi) is 3.46. The fourth-order valence-corrected chi connectivity index (χ4v) is 5.49. The number of nitrogens with one attached hydrogen (secondary N) is 1. The Hall–Kier alpha value is -2.55. The molecule has 1 aromatic heterocycles. The summed E-state index contributed by atoms with van der Waals surface area (Å²) in [6.07, 6.45) is 4.50. The van der Waals surface area contributed by atoms with Crippen molar-refractivity contribution in [1.82, 2.24) is 4.98 Å². The Bertz CT molecular complexity index is 974. The predicted molar refractivity (Wildman–Crippen MR) is 102 cm³/mol. The van der Waals surface area contributed by atoms with Crippen LogP contribution in [0.15, 0.2) is 54.6 Å². The molecule has 1 fully saturated rings. The number of hydrogen-bond acceptors (Lipinski definition) is 1. The van der Waals surface area contributed by atoms with Gasteiger partial charge in [0.1, 0.15) is 0 Å². The van der Waals surface area contributed by atoms with Crippen molar-refractivity contribution in [3.05, 3.63) is 71.4 Å². The zero-order valence-electron chi connectivity index (χ0n) is 14.7. The van der Waals surface area contributed by atoms with Crippen LogP contribution in [0.2, 0.25) is 0 Å². The van der Waals surface area contributed by atoms with Crippen LogP contribution in [0, 0.1) is 5.92 Å². The summed E-state index contributed by atoms with van der Waals surface area (Å²) in [7, 11) is 0. The van der Waals surface area contributed by atoms with Gasteiger partial charge >= 0.3 is 5.97 Å². The molecule has 0 bridgehead atoms. The lowest BCUT2D eigenvalue weighted by Gasteiger charge is -2.54. The summed E-state index contributed by atoms with van der Waals surface area (Å²) in [6.45, 7) is 0. The van der Waals surface area contributed by atoms with Gasteiger partial charge in [0.05, 0.1) is 6.42 Å². The van der Waals surface area contributed by atoms with Gasteiger partial charge in [0, 0.05) is 22.0 Å². The molecule has 3 heteroatoms. The van der Waals surface area contributed by atoms with Crippen molar-refractivity contribution >= 4 is 16.9 Å². The van der Waals surface area contributed by atoms with Gasteiger partial charge in [0.15, 0.2) is 0 Å². The number of H-pyrrole nitrogens is 1. The average Bonchev–Trinajstić information content (AvgIpc) is 3.02. The van der Waals surface area contributed by atoms with Crippen LogP contribution in [-0.2, 0) is 16.6 Å². The lowest BCUT2D eigenvalue weighted by molar-refractivity contribution is -0.141. The Morgan fingerprint density at radius 1 is 1.12 bits per heavy atom. The van der Waals surface area contributed by atoms with Crippen LogP contribution < -0.4 is 0 Å². The third-order valence-corrected chi connectivity index (χ3v) is 6.73. The molecule has 1 unspecified atom stereocenters. The molecule has 0 aliphatic heterocycles. The van der Waals surface area contributed by atoms with Crippen molar-refractivity contribution in [1.29, 1.82) is 0 Å². The third-order valence-electron chi connectivity index (χ3n) is 6.73. The maximum absolute atomic E-state index is 11.6. The molecule has 26 heavy (non-hydrogen) atoms. The van der Waals surface area contributed by atoms with Crippen molar-refractivity contribution in [3.63, 3.8) is 0 Å². The lowest BCUT2D eigenvalue weighted by atomic mass is 9.50. The molecule has 5 rings (SSSR count). The molecule has 1 saturated carbocycles. The molecule has 1 heterocycles. The number of hydrogen-bond donors (Lipinski definition) is 2. The van der Waals surface area contributed by atoms with E-state index in [4.69, 9.17) is 0 Å². The highest BCUT2D eigenvalue weighted by Gasteiger charge is 2.55. The summed E-state index contributed by atoms with van der Waals surface area (Å²) in [6, 6.07) is 19.1. The van der Waals surface area contributed by atoms with Crippen LogP contribution in [-0.4, -0.2) is 16.1 Å². The van der Waals surface area contributed by atoms with E-state index in [9.17, 15) is 9.90 Å². The molecule has 2 aromatic carbocycles. The van der Waals surface area contributed by atoms with Crippen LogP contribution in [0.1, 0.15) is 48.4 Å². The van der Waals surface area contributed by atoms with Crippen LogP contribution in [0.3, 0.4) is 0 Å². The number of carboxylic acid groups (broad SMARTS) is 1. The first-order valence-electron chi connectivity index (χ1n) is 9.54. The molecule has 2 aliphatic carbocycles. The number of aliphatic carboxylic acids is 1.